The highest BCUT2D eigenvalue weighted by molar-refractivity contribution is 7.11. The minimum atomic E-state index is 0.245. The fourth-order valence-corrected chi connectivity index (χ4v) is 2.19. The zero-order valence-corrected chi connectivity index (χ0v) is 9.82. The molecule has 0 fully saturated rings. The Kier molecular flexibility index (Phi) is 4.51. The van der Waals surface area contributed by atoms with Crippen LogP contribution in [-0.4, -0.2) is 22.7 Å². The Morgan fingerprint density at radius 2 is 2.21 bits per heavy atom. The molecule has 0 aromatic carbocycles. The van der Waals surface area contributed by atoms with Crippen molar-refractivity contribution in [1.82, 2.24) is 10.3 Å². The Bertz CT molecular complexity index is 286. The van der Waals surface area contributed by atoms with Crippen LogP contribution in [0.1, 0.15) is 28.9 Å². The number of rotatable bonds is 5. The van der Waals surface area contributed by atoms with Crippen molar-refractivity contribution < 1.29 is 5.11 Å². The number of nitrogens with one attached hydrogen (secondary N) is 1. The third-order valence-corrected chi connectivity index (χ3v) is 3.25. The summed E-state index contributed by atoms with van der Waals surface area (Å²) in [4.78, 5) is 5.66. The zero-order valence-electron chi connectivity index (χ0n) is 9.00. The number of hydrogen-bond acceptors (Lipinski definition) is 4. The van der Waals surface area contributed by atoms with Crippen molar-refractivity contribution >= 4 is 11.3 Å². The summed E-state index contributed by atoms with van der Waals surface area (Å²) in [5.41, 5.74) is 1.12. The molecule has 0 saturated carbocycles. The van der Waals surface area contributed by atoms with Gasteiger partial charge in [-0.25, -0.2) is 4.98 Å². The van der Waals surface area contributed by atoms with Crippen LogP contribution >= 0.6 is 11.3 Å². The molecule has 1 atom stereocenters. The Morgan fingerprint density at radius 1 is 1.50 bits per heavy atom. The number of aryl methyl sites for hydroxylation is 2. The summed E-state index contributed by atoms with van der Waals surface area (Å²) in [7, 11) is 0. The number of nitrogens with zero attached hydrogens (tertiary/aromatic N) is 1. The van der Waals surface area contributed by atoms with Gasteiger partial charge in [0.1, 0.15) is 0 Å². The lowest BCUT2D eigenvalue weighted by atomic mass is 10.2. The van der Waals surface area contributed by atoms with Gasteiger partial charge in [0.25, 0.3) is 0 Å². The van der Waals surface area contributed by atoms with Crippen LogP contribution in [0.4, 0.5) is 0 Å². The van der Waals surface area contributed by atoms with E-state index in [1.807, 2.05) is 13.8 Å². The van der Waals surface area contributed by atoms with E-state index in [1.54, 1.807) is 11.3 Å². The van der Waals surface area contributed by atoms with Gasteiger partial charge in [0.15, 0.2) is 0 Å². The smallest absolute Gasteiger partial charge is 0.0900 e. The van der Waals surface area contributed by atoms with Gasteiger partial charge in [0.05, 0.1) is 10.7 Å². The number of aliphatic hydroxyl groups is 1. The highest BCUT2D eigenvalue weighted by atomic mass is 32.1. The second-order valence-electron chi connectivity index (χ2n) is 3.54. The van der Waals surface area contributed by atoms with E-state index in [0.717, 1.165) is 23.7 Å². The van der Waals surface area contributed by atoms with Gasteiger partial charge < -0.3 is 10.4 Å². The molecule has 0 bridgehead atoms. The molecular formula is C10H18N2OS. The molecule has 80 valence electrons. The first kappa shape index (κ1) is 11.6. The Labute approximate surface area is 89.2 Å². The highest BCUT2D eigenvalue weighted by Gasteiger charge is 2.06. The molecule has 2 N–H and O–H groups in total. The highest BCUT2D eigenvalue weighted by Crippen LogP contribution is 2.16. The molecule has 0 radical (unpaired) electrons. The van der Waals surface area contributed by atoms with Crippen LogP contribution in [0.25, 0.3) is 0 Å². The van der Waals surface area contributed by atoms with Gasteiger partial charge >= 0.3 is 0 Å². The Balaban J connectivity index is 2.41. The maximum absolute atomic E-state index is 8.74. The van der Waals surface area contributed by atoms with Gasteiger partial charge in [-0.2, -0.15) is 0 Å². The molecule has 0 aliphatic carbocycles. The maximum Gasteiger partial charge on any atom is 0.0900 e. The largest absolute Gasteiger partial charge is 0.396 e. The zero-order chi connectivity index (χ0) is 10.6. The summed E-state index contributed by atoms with van der Waals surface area (Å²) in [6, 6.07) is 0.363. The average molecular weight is 214 g/mol. The van der Waals surface area contributed by atoms with Crippen molar-refractivity contribution in [1.29, 1.82) is 0 Å². The predicted octanol–water partition coefficient (Wildman–Crippen LogP) is 1.62. The van der Waals surface area contributed by atoms with Crippen LogP contribution in [0.2, 0.25) is 0 Å². The lowest BCUT2D eigenvalue weighted by Crippen LogP contribution is -2.26. The third kappa shape index (κ3) is 3.36. The first-order chi connectivity index (χ1) is 6.63. The van der Waals surface area contributed by atoms with Gasteiger partial charge in [0, 0.05) is 24.1 Å². The summed E-state index contributed by atoms with van der Waals surface area (Å²) in [5, 5.41) is 13.2. The maximum atomic E-state index is 8.74. The van der Waals surface area contributed by atoms with Gasteiger partial charge in [-0.15, -0.1) is 11.3 Å². The van der Waals surface area contributed by atoms with Crippen molar-refractivity contribution in [2.75, 3.05) is 6.61 Å². The molecule has 1 heterocycles. The second-order valence-corrected chi connectivity index (χ2v) is 4.82. The predicted molar refractivity (Wildman–Crippen MR) is 59.6 cm³/mol. The Hall–Kier alpha value is -0.450. The van der Waals surface area contributed by atoms with Crippen LogP contribution in [0.5, 0.6) is 0 Å². The molecule has 4 heteroatoms. The normalized spacial score (nSPS) is 13.1. The molecule has 3 nitrogen and oxygen atoms in total. The van der Waals surface area contributed by atoms with E-state index in [9.17, 15) is 0 Å². The van der Waals surface area contributed by atoms with Gasteiger partial charge in [-0.3, -0.25) is 0 Å². The standard InChI is InChI=1S/C10H18N2OS/c1-7(4-5-13)11-6-10-8(2)12-9(3)14-10/h7,11,13H,4-6H2,1-3H3. The minimum absolute atomic E-state index is 0.245. The molecule has 0 saturated heterocycles. The molecule has 0 aliphatic rings. The molecular weight excluding hydrogens is 196 g/mol. The average Bonchev–Trinajstić information content (AvgIpc) is 2.42. The third-order valence-electron chi connectivity index (χ3n) is 2.17. The number of aromatic nitrogens is 1. The molecule has 1 rings (SSSR count). The van der Waals surface area contributed by atoms with Crippen molar-refractivity contribution in [2.45, 2.75) is 39.8 Å². The molecule has 0 aliphatic heterocycles. The minimum Gasteiger partial charge on any atom is -0.396 e. The van der Waals surface area contributed by atoms with Gasteiger partial charge in [-0.1, -0.05) is 0 Å². The summed E-state index contributed by atoms with van der Waals surface area (Å²) < 4.78 is 0. The summed E-state index contributed by atoms with van der Waals surface area (Å²) in [6.07, 6.45) is 0.802. The van der Waals surface area contributed by atoms with E-state index in [1.165, 1.54) is 4.88 Å². The monoisotopic (exact) mass is 214 g/mol. The SMILES string of the molecule is Cc1nc(C)c(CNC(C)CCO)s1. The fraction of sp³-hybridized carbons (Fsp3) is 0.700. The number of aliphatic hydroxyl groups excluding tert-OH is 1. The van der Waals surface area contributed by atoms with E-state index < -0.39 is 0 Å². The quantitative estimate of drug-likeness (QED) is 0.783. The fourth-order valence-electron chi connectivity index (χ4n) is 1.30. The van der Waals surface area contributed by atoms with E-state index in [0.29, 0.717) is 6.04 Å². The lowest BCUT2D eigenvalue weighted by Gasteiger charge is -2.11. The first-order valence-electron chi connectivity index (χ1n) is 4.90. The van der Waals surface area contributed by atoms with Gasteiger partial charge in [-0.05, 0) is 27.2 Å². The Morgan fingerprint density at radius 3 is 2.71 bits per heavy atom. The van der Waals surface area contributed by atoms with Crippen LogP contribution in [0.3, 0.4) is 0 Å². The van der Waals surface area contributed by atoms with E-state index >= 15 is 0 Å². The van der Waals surface area contributed by atoms with Gasteiger partial charge in [0.2, 0.25) is 0 Å². The van der Waals surface area contributed by atoms with Crippen LogP contribution in [0, 0.1) is 13.8 Å². The van der Waals surface area contributed by atoms with Crippen molar-refractivity contribution in [3.63, 3.8) is 0 Å². The summed E-state index contributed by atoms with van der Waals surface area (Å²) in [5.74, 6) is 0. The number of hydrogen-bond donors (Lipinski definition) is 2. The summed E-state index contributed by atoms with van der Waals surface area (Å²) >= 11 is 1.74. The lowest BCUT2D eigenvalue weighted by molar-refractivity contribution is 0.269. The molecule has 14 heavy (non-hydrogen) atoms. The van der Waals surface area contributed by atoms with Crippen LogP contribution in [-0.2, 0) is 6.54 Å². The molecule has 1 unspecified atom stereocenters. The molecule has 1 aromatic heterocycles. The first-order valence-corrected chi connectivity index (χ1v) is 5.72. The number of thiazole rings is 1. The van der Waals surface area contributed by atoms with E-state index in [-0.39, 0.29) is 6.61 Å². The van der Waals surface area contributed by atoms with E-state index in [2.05, 4.69) is 17.2 Å². The van der Waals surface area contributed by atoms with E-state index in [4.69, 9.17) is 5.11 Å². The molecule has 1 aromatic rings. The van der Waals surface area contributed by atoms with Crippen molar-refractivity contribution in [2.24, 2.45) is 0 Å². The van der Waals surface area contributed by atoms with Crippen LogP contribution < -0.4 is 5.32 Å². The van der Waals surface area contributed by atoms with Crippen LogP contribution in [0.15, 0.2) is 0 Å². The topological polar surface area (TPSA) is 45.2 Å². The molecule has 0 amide bonds. The van der Waals surface area contributed by atoms with Crippen molar-refractivity contribution in [3.05, 3.63) is 15.6 Å². The summed E-state index contributed by atoms with van der Waals surface area (Å²) in [6.45, 7) is 7.25. The van der Waals surface area contributed by atoms with Crippen molar-refractivity contribution in [3.8, 4) is 0 Å². The second kappa shape index (κ2) is 5.44. The molecule has 0 spiro atoms.